The van der Waals surface area contributed by atoms with Gasteiger partial charge in [-0.05, 0) is 24.8 Å². The van der Waals surface area contributed by atoms with Gasteiger partial charge in [0.15, 0.2) is 0 Å². The normalized spacial score (nSPS) is 15.9. The van der Waals surface area contributed by atoms with E-state index in [1.165, 1.54) is 18.4 Å². The van der Waals surface area contributed by atoms with E-state index in [-0.39, 0.29) is 0 Å². The summed E-state index contributed by atoms with van der Waals surface area (Å²) in [6.45, 7) is 2.99. The van der Waals surface area contributed by atoms with Crippen LogP contribution in [0.25, 0.3) is 0 Å². The van der Waals surface area contributed by atoms with E-state index in [9.17, 15) is 0 Å². The lowest BCUT2D eigenvalue weighted by Crippen LogP contribution is -2.33. The average molecular weight is 204 g/mol. The van der Waals surface area contributed by atoms with Crippen molar-refractivity contribution in [1.29, 1.82) is 0 Å². The van der Waals surface area contributed by atoms with Crippen LogP contribution in [-0.2, 0) is 6.42 Å². The van der Waals surface area contributed by atoms with Crippen LogP contribution in [0.1, 0.15) is 18.4 Å². The quantitative estimate of drug-likeness (QED) is 0.763. The molecule has 0 heterocycles. The van der Waals surface area contributed by atoms with Crippen LogP contribution in [0, 0.1) is 0 Å². The van der Waals surface area contributed by atoms with E-state index in [0.717, 1.165) is 32.1 Å². The Hall–Kier alpha value is -0.860. The molecular formula is C13H20N2. The number of benzene rings is 1. The first kappa shape index (κ1) is 10.7. The monoisotopic (exact) mass is 204 g/mol. The number of hydrogen-bond donors (Lipinski definition) is 1. The number of rotatable bonds is 6. The molecule has 2 rings (SSSR count). The van der Waals surface area contributed by atoms with Crippen LogP contribution in [0.3, 0.4) is 0 Å². The standard InChI is InChI=1S/C13H20N2/c14-9-11-15(13-6-7-13)10-8-12-4-2-1-3-5-12/h1-5,13H,6-11,14H2. The third kappa shape index (κ3) is 3.33. The highest BCUT2D eigenvalue weighted by molar-refractivity contribution is 5.15. The van der Waals surface area contributed by atoms with Gasteiger partial charge in [-0.2, -0.15) is 0 Å². The molecule has 0 amide bonds. The van der Waals surface area contributed by atoms with E-state index in [1.807, 2.05) is 0 Å². The third-order valence-electron chi connectivity index (χ3n) is 3.01. The van der Waals surface area contributed by atoms with Gasteiger partial charge in [-0.25, -0.2) is 0 Å². The van der Waals surface area contributed by atoms with Gasteiger partial charge in [0.25, 0.3) is 0 Å². The Balaban J connectivity index is 1.80. The minimum absolute atomic E-state index is 0.783. The second kappa shape index (κ2) is 5.29. The predicted molar refractivity (Wildman–Crippen MR) is 63.8 cm³/mol. The first-order valence-electron chi connectivity index (χ1n) is 5.88. The Morgan fingerprint density at radius 1 is 1.13 bits per heavy atom. The smallest absolute Gasteiger partial charge is 0.0108 e. The van der Waals surface area contributed by atoms with Crippen molar-refractivity contribution in [2.45, 2.75) is 25.3 Å². The van der Waals surface area contributed by atoms with Gasteiger partial charge in [-0.1, -0.05) is 30.3 Å². The van der Waals surface area contributed by atoms with Gasteiger partial charge in [0.2, 0.25) is 0 Å². The average Bonchev–Trinajstić information content (AvgIpc) is 3.09. The van der Waals surface area contributed by atoms with Gasteiger partial charge in [0.05, 0.1) is 0 Å². The summed E-state index contributed by atoms with van der Waals surface area (Å²) in [4.78, 5) is 2.53. The molecule has 15 heavy (non-hydrogen) atoms. The lowest BCUT2D eigenvalue weighted by molar-refractivity contribution is 0.274. The van der Waals surface area contributed by atoms with Gasteiger partial charge in [0.1, 0.15) is 0 Å². The minimum Gasteiger partial charge on any atom is -0.329 e. The topological polar surface area (TPSA) is 29.3 Å². The molecule has 1 aliphatic rings. The van der Waals surface area contributed by atoms with E-state index < -0.39 is 0 Å². The molecule has 0 unspecified atom stereocenters. The van der Waals surface area contributed by atoms with Gasteiger partial charge in [-0.15, -0.1) is 0 Å². The molecular weight excluding hydrogens is 184 g/mol. The first-order valence-corrected chi connectivity index (χ1v) is 5.88. The van der Waals surface area contributed by atoms with E-state index in [0.29, 0.717) is 0 Å². The summed E-state index contributed by atoms with van der Waals surface area (Å²) >= 11 is 0. The van der Waals surface area contributed by atoms with Crippen LogP contribution in [-0.4, -0.2) is 30.6 Å². The Morgan fingerprint density at radius 3 is 2.47 bits per heavy atom. The molecule has 2 N–H and O–H groups in total. The summed E-state index contributed by atoms with van der Waals surface area (Å²) in [6.07, 6.45) is 3.89. The maximum Gasteiger partial charge on any atom is 0.0108 e. The number of hydrogen-bond acceptors (Lipinski definition) is 2. The third-order valence-corrected chi connectivity index (χ3v) is 3.01. The molecule has 0 aromatic heterocycles. The van der Waals surface area contributed by atoms with Crippen molar-refractivity contribution in [3.8, 4) is 0 Å². The SMILES string of the molecule is NCCN(CCc1ccccc1)C1CC1. The second-order valence-electron chi connectivity index (χ2n) is 4.29. The van der Waals surface area contributed by atoms with Crippen molar-refractivity contribution in [1.82, 2.24) is 4.90 Å². The zero-order chi connectivity index (χ0) is 10.5. The highest BCUT2D eigenvalue weighted by atomic mass is 15.2. The van der Waals surface area contributed by atoms with Crippen molar-refractivity contribution in [2.75, 3.05) is 19.6 Å². The van der Waals surface area contributed by atoms with Gasteiger partial charge in [-0.3, -0.25) is 4.90 Å². The van der Waals surface area contributed by atoms with Crippen molar-refractivity contribution in [3.05, 3.63) is 35.9 Å². The summed E-state index contributed by atoms with van der Waals surface area (Å²) in [6, 6.07) is 11.5. The van der Waals surface area contributed by atoms with E-state index >= 15 is 0 Å². The molecule has 0 spiro atoms. The van der Waals surface area contributed by atoms with Crippen LogP contribution >= 0.6 is 0 Å². The highest BCUT2D eigenvalue weighted by Crippen LogP contribution is 2.26. The maximum absolute atomic E-state index is 5.62. The van der Waals surface area contributed by atoms with Crippen LogP contribution < -0.4 is 5.73 Å². The van der Waals surface area contributed by atoms with E-state index in [1.54, 1.807) is 0 Å². The molecule has 82 valence electrons. The van der Waals surface area contributed by atoms with Crippen LogP contribution in [0.5, 0.6) is 0 Å². The molecule has 1 saturated carbocycles. The molecule has 1 aromatic rings. The van der Waals surface area contributed by atoms with Crippen LogP contribution in [0.15, 0.2) is 30.3 Å². The molecule has 0 bridgehead atoms. The summed E-state index contributed by atoms with van der Waals surface area (Å²) < 4.78 is 0. The Morgan fingerprint density at radius 2 is 1.87 bits per heavy atom. The molecule has 1 aromatic carbocycles. The zero-order valence-corrected chi connectivity index (χ0v) is 9.23. The molecule has 1 fully saturated rings. The molecule has 1 aliphatic carbocycles. The van der Waals surface area contributed by atoms with E-state index in [4.69, 9.17) is 5.73 Å². The molecule has 0 saturated heterocycles. The lowest BCUT2D eigenvalue weighted by atomic mass is 10.1. The molecule has 2 heteroatoms. The fourth-order valence-corrected chi connectivity index (χ4v) is 2.00. The second-order valence-corrected chi connectivity index (χ2v) is 4.29. The Kier molecular flexibility index (Phi) is 3.75. The molecule has 2 nitrogen and oxygen atoms in total. The van der Waals surface area contributed by atoms with Crippen molar-refractivity contribution in [2.24, 2.45) is 5.73 Å². The van der Waals surface area contributed by atoms with Crippen molar-refractivity contribution in [3.63, 3.8) is 0 Å². The summed E-state index contributed by atoms with van der Waals surface area (Å²) in [5.74, 6) is 0. The van der Waals surface area contributed by atoms with Crippen molar-refractivity contribution < 1.29 is 0 Å². The Bertz CT molecular complexity index is 280. The zero-order valence-electron chi connectivity index (χ0n) is 9.23. The van der Waals surface area contributed by atoms with Gasteiger partial charge in [0, 0.05) is 25.7 Å². The van der Waals surface area contributed by atoms with Gasteiger partial charge >= 0.3 is 0 Å². The fraction of sp³-hybridized carbons (Fsp3) is 0.538. The highest BCUT2D eigenvalue weighted by Gasteiger charge is 2.27. The lowest BCUT2D eigenvalue weighted by Gasteiger charge is -2.20. The van der Waals surface area contributed by atoms with E-state index in [2.05, 4.69) is 35.2 Å². The van der Waals surface area contributed by atoms with Crippen molar-refractivity contribution >= 4 is 0 Å². The molecule has 0 atom stereocenters. The molecule has 0 radical (unpaired) electrons. The van der Waals surface area contributed by atoms with Gasteiger partial charge < -0.3 is 5.73 Å². The summed E-state index contributed by atoms with van der Waals surface area (Å²) in [5, 5.41) is 0. The Labute approximate surface area is 92.1 Å². The minimum atomic E-state index is 0.783. The fourth-order valence-electron chi connectivity index (χ4n) is 2.00. The van der Waals surface area contributed by atoms with Crippen LogP contribution in [0.4, 0.5) is 0 Å². The maximum atomic E-state index is 5.62. The first-order chi connectivity index (χ1) is 7.40. The predicted octanol–water partition coefficient (Wildman–Crippen LogP) is 1.65. The largest absolute Gasteiger partial charge is 0.329 e. The number of nitrogens with two attached hydrogens (primary N) is 1. The summed E-state index contributed by atoms with van der Waals surface area (Å²) in [7, 11) is 0. The number of nitrogens with zero attached hydrogens (tertiary/aromatic N) is 1. The summed E-state index contributed by atoms with van der Waals surface area (Å²) in [5.41, 5.74) is 7.05. The van der Waals surface area contributed by atoms with Crippen LogP contribution in [0.2, 0.25) is 0 Å². The molecule has 0 aliphatic heterocycles.